The number of rotatable bonds is 2. The molecule has 1 aliphatic rings. The molecule has 0 saturated heterocycles. The van der Waals surface area contributed by atoms with Crippen LogP contribution in [-0.2, 0) is 6.42 Å². The monoisotopic (exact) mass is 273 g/mol. The zero-order chi connectivity index (χ0) is 13.4. The topological polar surface area (TPSA) is 23.5 Å². The average molecular weight is 273 g/mol. The van der Waals surface area contributed by atoms with Gasteiger partial charge in [-0.1, -0.05) is 12.1 Å². The van der Waals surface area contributed by atoms with Gasteiger partial charge in [-0.25, -0.2) is 0 Å². The lowest BCUT2D eigenvalue weighted by molar-refractivity contribution is 0.223. The molecular weight excluding hydrogens is 254 g/mol. The SMILES string of the molecule is Cc1ccsc1C(O)c1ccc2c(c1)CCCN2C. The molecule has 0 radical (unpaired) electrons. The summed E-state index contributed by atoms with van der Waals surface area (Å²) in [7, 11) is 2.14. The molecule has 0 saturated carbocycles. The summed E-state index contributed by atoms with van der Waals surface area (Å²) in [5, 5.41) is 12.6. The summed E-state index contributed by atoms with van der Waals surface area (Å²) in [6.45, 7) is 3.18. The van der Waals surface area contributed by atoms with E-state index in [0.29, 0.717) is 0 Å². The fourth-order valence-electron chi connectivity index (χ4n) is 2.79. The Hall–Kier alpha value is -1.32. The zero-order valence-electron chi connectivity index (χ0n) is 11.4. The molecule has 2 aromatic rings. The number of aliphatic hydroxyl groups excluding tert-OH is 1. The first-order valence-electron chi connectivity index (χ1n) is 6.73. The molecule has 1 aliphatic heterocycles. The fourth-order valence-corrected chi connectivity index (χ4v) is 3.73. The second kappa shape index (κ2) is 4.99. The van der Waals surface area contributed by atoms with E-state index in [1.165, 1.54) is 23.2 Å². The maximum Gasteiger partial charge on any atom is 0.113 e. The van der Waals surface area contributed by atoms with Crippen LogP contribution in [0.25, 0.3) is 0 Å². The molecule has 1 aromatic heterocycles. The predicted molar refractivity (Wildman–Crippen MR) is 81.2 cm³/mol. The molecule has 1 N–H and O–H groups in total. The van der Waals surface area contributed by atoms with Crippen LogP contribution >= 0.6 is 11.3 Å². The summed E-state index contributed by atoms with van der Waals surface area (Å²) in [4.78, 5) is 3.36. The number of hydrogen-bond acceptors (Lipinski definition) is 3. The molecule has 2 heterocycles. The first-order chi connectivity index (χ1) is 9.16. The van der Waals surface area contributed by atoms with Crippen molar-refractivity contribution in [1.82, 2.24) is 0 Å². The van der Waals surface area contributed by atoms with E-state index in [9.17, 15) is 5.11 Å². The van der Waals surface area contributed by atoms with E-state index < -0.39 is 6.10 Å². The minimum atomic E-state index is -0.488. The first kappa shape index (κ1) is 12.7. The van der Waals surface area contributed by atoms with Crippen molar-refractivity contribution in [2.75, 3.05) is 18.5 Å². The normalized spacial score (nSPS) is 16.3. The van der Waals surface area contributed by atoms with Gasteiger partial charge in [0.05, 0.1) is 0 Å². The number of benzene rings is 1. The summed E-state index contributed by atoms with van der Waals surface area (Å²) in [5.74, 6) is 0. The van der Waals surface area contributed by atoms with E-state index in [0.717, 1.165) is 23.4 Å². The van der Waals surface area contributed by atoms with Gasteiger partial charge >= 0.3 is 0 Å². The quantitative estimate of drug-likeness (QED) is 0.905. The Balaban J connectivity index is 1.96. The molecular formula is C16H19NOS. The molecule has 1 unspecified atom stereocenters. The van der Waals surface area contributed by atoms with Crippen LogP contribution < -0.4 is 4.90 Å². The third-order valence-electron chi connectivity index (χ3n) is 3.92. The third kappa shape index (κ3) is 2.28. The van der Waals surface area contributed by atoms with Gasteiger partial charge in [-0.2, -0.15) is 0 Å². The second-order valence-electron chi connectivity index (χ2n) is 5.28. The van der Waals surface area contributed by atoms with Gasteiger partial charge < -0.3 is 10.0 Å². The van der Waals surface area contributed by atoms with Gasteiger partial charge in [-0.05, 0) is 54.0 Å². The highest BCUT2D eigenvalue weighted by atomic mass is 32.1. The van der Waals surface area contributed by atoms with Crippen LogP contribution in [0.3, 0.4) is 0 Å². The molecule has 1 aromatic carbocycles. The summed E-state index contributed by atoms with van der Waals surface area (Å²) in [5.41, 5.74) is 4.86. The summed E-state index contributed by atoms with van der Waals surface area (Å²) < 4.78 is 0. The Labute approximate surface area is 118 Å². The predicted octanol–water partition coefficient (Wildman–Crippen LogP) is 3.52. The number of thiophene rings is 1. The van der Waals surface area contributed by atoms with Crippen molar-refractivity contribution in [2.45, 2.75) is 25.9 Å². The minimum absolute atomic E-state index is 0.488. The van der Waals surface area contributed by atoms with E-state index in [-0.39, 0.29) is 0 Å². The van der Waals surface area contributed by atoms with Crippen molar-refractivity contribution in [1.29, 1.82) is 0 Å². The van der Waals surface area contributed by atoms with Crippen molar-refractivity contribution in [2.24, 2.45) is 0 Å². The smallest absolute Gasteiger partial charge is 0.113 e. The van der Waals surface area contributed by atoms with Gasteiger partial charge in [-0.3, -0.25) is 0 Å². The summed E-state index contributed by atoms with van der Waals surface area (Å²) >= 11 is 1.63. The van der Waals surface area contributed by atoms with E-state index in [2.05, 4.69) is 43.1 Å². The Kier molecular flexibility index (Phi) is 3.33. The van der Waals surface area contributed by atoms with E-state index >= 15 is 0 Å². The molecule has 100 valence electrons. The van der Waals surface area contributed by atoms with Crippen molar-refractivity contribution in [3.63, 3.8) is 0 Å². The van der Waals surface area contributed by atoms with Crippen molar-refractivity contribution in [3.8, 4) is 0 Å². The third-order valence-corrected chi connectivity index (χ3v) is 4.99. The van der Waals surface area contributed by atoms with Gasteiger partial charge in [0, 0.05) is 24.2 Å². The maximum absolute atomic E-state index is 10.5. The highest BCUT2D eigenvalue weighted by molar-refractivity contribution is 7.10. The number of aliphatic hydroxyl groups is 1. The van der Waals surface area contributed by atoms with E-state index in [4.69, 9.17) is 0 Å². The van der Waals surface area contributed by atoms with Crippen molar-refractivity contribution >= 4 is 17.0 Å². The molecule has 0 amide bonds. The first-order valence-corrected chi connectivity index (χ1v) is 7.61. The molecule has 3 rings (SSSR count). The lowest BCUT2D eigenvalue weighted by Gasteiger charge is -2.28. The van der Waals surface area contributed by atoms with Gasteiger partial charge in [0.15, 0.2) is 0 Å². The van der Waals surface area contributed by atoms with Gasteiger partial charge in [0.25, 0.3) is 0 Å². The molecule has 0 aliphatic carbocycles. The van der Waals surface area contributed by atoms with E-state index in [1.807, 2.05) is 5.38 Å². The number of aryl methyl sites for hydroxylation is 2. The zero-order valence-corrected chi connectivity index (χ0v) is 12.2. The number of fused-ring (bicyclic) bond motifs is 1. The number of hydrogen-bond donors (Lipinski definition) is 1. The number of anilines is 1. The van der Waals surface area contributed by atoms with Crippen LogP contribution in [-0.4, -0.2) is 18.7 Å². The summed E-state index contributed by atoms with van der Waals surface area (Å²) in [6.07, 6.45) is 1.82. The minimum Gasteiger partial charge on any atom is -0.383 e. The van der Waals surface area contributed by atoms with Crippen LogP contribution in [0.1, 0.15) is 34.1 Å². The molecule has 2 nitrogen and oxygen atoms in total. The molecule has 0 bridgehead atoms. The summed E-state index contributed by atoms with van der Waals surface area (Å²) in [6, 6.07) is 8.45. The lowest BCUT2D eigenvalue weighted by atomic mass is 9.96. The Morgan fingerprint density at radius 2 is 2.16 bits per heavy atom. The van der Waals surface area contributed by atoms with Crippen molar-refractivity contribution < 1.29 is 5.11 Å². The molecule has 1 atom stereocenters. The Morgan fingerprint density at radius 1 is 1.32 bits per heavy atom. The molecule has 19 heavy (non-hydrogen) atoms. The largest absolute Gasteiger partial charge is 0.383 e. The van der Waals surface area contributed by atoms with Crippen LogP contribution in [0.2, 0.25) is 0 Å². The Morgan fingerprint density at radius 3 is 2.89 bits per heavy atom. The average Bonchev–Trinajstić information content (AvgIpc) is 2.84. The van der Waals surface area contributed by atoms with Crippen LogP contribution in [0.15, 0.2) is 29.6 Å². The van der Waals surface area contributed by atoms with Crippen molar-refractivity contribution in [3.05, 3.63) is 51.2 Å². The standard InChI is InChI=1S/C16H19NOS/c1-11-7-9-19-16(11)15(18)13-5-6-14-12(10-13)4-3-8-17(14)2/h5-7,9-10,15,18H,3-4,8H2,1-2H3. The number of nitrogens with zero attached hydrogens (tertiary/aromatic N) is 1. The highest BCUT2D eigenvalue weighted by Crippen LogP contribution is 2.33. The van der Waals surface area contributed by atoms with Gasteiger partial charge in [0.2, 0.25) is 0 Å². The molecule has 3 heteroatoms. The second-order valence-corrected chi connectivity index (χ2v) is 6.23. The molecule has 0 fully saturated rings. The highest BCUT2D eigenvalue weighted by Gasteiger charge is 2.18. The van der Waals surface area contributed by atoms with Crippen LogP contribution in [0.5, 0.6) is 0 Å². The lowest BCUT2D eigenvalue weighted by Crippen LogP contribution is -2.24. The Bertz CT molecular complexity index is 590. The van der Waals surface area contributed by atoms with Crippen LogP contribution in [0.4, 0.5) is 5.69 Å². The van der Waals surface area contributed by atoms with Gasteiger partial charge in [0.1, 0.15) is 6.10 Å². The van der Waals surface area contributed by atoms with E-state index in [1.54, 1.807) is 11.3 Å². The fraction of sp³-hybridized carbons (Fsp3) is 0.375. The van der Waals surface area contributed by atoms with Gasteiger partial charge in [-0.15, -0.1) is 11.3 Å². The molecule has 0 spiro atoms. The van der Waals surface area contributed by atoms with Crippen LogP contribution in [0, 0.1) is 6.92 Å². The maximum atomic E-state index is 10.5.